The van der Waals surface area contributed by atoms with Crippen molar-refractivity contribution in [3.05, 3.63) is 80.8 Å². The summed E-state index contributed by atoms with van der Waals surface area (Å²) in [6.45, 7) is -0.572. The van der Waals surface area contributed by atoms with Crippen molar-refractivity contribution in [2.24, 2.45) is 0 Å². The molecule has 1 aliphatic heterocycles. The van der Waals surface area contributed by atoms with Crippen molar-refractivity contribution in [1.29, 1.82) is 0 Å². The predicted molar refractivity (Wildman–Crippen MR) is 125 cm³/mol. The van der Waals surface area contributed by atoms with Gasteiger partial charge in [-0.2, -0.15) is 0 Å². The molecule has 10 nitrogen and oxygen atoms in total. The molecule has 0 aliphatic carbocycles. The van der Waals surface area contributed by atoms with E-state index in [9.17, 15) is 23.3 Å². The third-order valence-electron chi connectivity index (χ3n) is 4.76. The highest BCUT2D eigenvalue weighted by Crippen LogP contribution is 2.34. The molecule has 0 fully saturated rings. The molecule has 1 aliphatic rings. The standard InChI is InChI=1S/C21H15Cl2N3O7S/c22-13-1-4-15(5-2-13)25(34(30,31)16-6-7-17(23)18(10-16)26(28)29)11-21(27)24-14-3-8-19-20(9-14)33-12-32-19/h1-10H,11-12H2,(H,24,27). The monoisotopic (exact) mass is 523 g/mol. The molecule has 1 N–H and O–H groups in total. The Bertz CT molecular complexity index is 1380. The quantitative estimate of drug-likeness (QED) is 0.357. The fraction of sp³-hybridized carbons (Fsp3) is 0.0952. The van der Waals surface area contributed by atoms with E-state index in [0.717, 1.165) is 22.5 Å². The van der Waals surface area contributed by atoms with Crippen molar-refractivity contribution < 1.29 is 27.6 Å². The van der Waals surface area contributed by atoms with Crippen LogP contribution in [-0.2, 0) is 14.8 Å². The zero-order valence-corrected chi connectivity index (χ0v) is 19.4. The van der Waals surface area contributed by atoms with Crippen molar-refractivity contribution in [2.45, 2.75) is 4.90 Å². The highest BCUT2D eigenvalue weighted by atomic mass is 35.5. The average Bonchev–Trinajstić information content (AvgIpc) is 3.26. The normalized spacial score (nSPS) is 12.3. The van der Waals surface area contributed by atoms with Gasteiger partial charge < -0.3 is 14.8 Å². The van der Waals surface area contributed by atoms with Crippen LogP contribution in [0.5, 0.6) is 11.5 Å². The van der Waals surface area contributed by atoms with Gasteiger partial charge in [0.1, 0.15) is 11.6 Å². The Morgan fingerprint density at radius 3 is 2.44 bits per heavy atom. The van der Waals surface area contributed by atoms with Crippen LogP contribution in [-0.4, -0.2) is 32.6 Å². The molecule has 0 radical (unpaired) electrons. The van der Waals surface area contributed by atoms with Crippen LogP contribution in [0.4, 0.5) is 17.1 Å². The van der Waals surface area contributed by atoms with E-state index in [1.165, 1.54) is 24.3 Å². The maximum Gasteiger partial charge on any atom is 0.289 e. The van der Waals surface area contributed by atoms with Gasteiger partial charge in [0.25, 0.3) is 15.7 Å². The third kappa shape index (κ3) is 4.86. The van der Waals surface area contributed by atoms with Crippen molar-refractivity contribution in [3.8, 4) is 11.5 Å². The first kappa shape index (κ1) is 23.6. The smallest absolute Gasteiger partial charge is 0.289 e. The van der Waals surface area contributed by atoms with Gasteiger partial charge in [0.2, 0.25) is 12.7 Å². The van der Waals surface area contributed by atoms with Crippen LogP contribution in [0.3, 0.4) is 0 Å². The Hall–Kier alpha value is -3.54. The summed E-state index contributed by atoms with van der Waals surface area (Å²) in [7, 11) is -4.42. The van der Waals surface area contributed by atoms with Gasteiger partial charge in [0.05, 0.1) is 15.5 Å². The lowest BCUT2D eigenvalue weighted by Gasteiger charge is -2.24. The number of rotatable bonds is 7. The Morgan fingerprint density at radius 1 is 1.03 bits per heavy atom. The van der Waals surface area contributed by atoms with Gasteiger partial charge in [-0.1, -0.05) is 23.2 Å². The molecule has 176 valence electrons. The highest BCUT2D eigenvalue weighted by Gasteiger charge is 2.30. The number of anilines is 2. The van der Waals surface area contributed by atoms with Crippen molar-refractivity contribution in [3.63, 3.8) is 0 Å². The summed E-state index contributed by atoms with van der Waals surface area (Å²) in [5, 5.41) is 14.0. The number of sulfonamides is 1. The number of benzene rings is 3. The van der Waals surface area contributed by atoms with Gasteiger partial charge in [-0.25, -0.2) is 8.42 Å². The van der Waals surface area contributed by atoms with Gasteiger partial charge >= 0.3 is 0 Å². The van der Waals surface area contributed by atoms with Gasteiger partial charge in [-0.15, -0.1) is 0 Å². The second-order valence-corrected chi connectivity index (χ2v) is 9.68. The first-order valence-corrected chi connectivity index (χ1v) is 11.8. The lowest BCUT2D eigenvalue weighted by Crippen LogP contribution is -2.38. The summed E-state index contributed by atoms with van der Waals surface area (Å²) in [4.78, 5) is 22.9. The van der Waals surface area contributed by atoms with Crippen LogP contribution in [0.2, 0.25) is 10.0 Å². The predicted octanol–water partition coefficient (Wildman–Crippen LogP) is 4.46. The van der Waals surface area contributed by atoms with Gasteiger partial charge in [0, 0.05) is 22.8 Å². The first-order chi connectivity index (χ1) is 16.1. The van der Waals surface area contributed by atoms with E-state index in [1.54, 1.807) is 18.2 Å². The molecule has 4 rings (SSSR count). The van der Waals surface area contributed by atoms with E-state index in [4.69, 9.17) is 32.7 Å². The second-order valence-electron chi connectivity index (χ2n) is 6.97. The van der Waals surface area contributed by atoms with E-state index in [-0.39, 0.29) is 17.5 Å². The average molecular weight is 524 g/mol. The minimum atomic E-state index is -4.42. The molecule has 0 atom stereocenters. The molecule has 0 bridgehead atoms. The summed E-state index contributed by atoms with van der Waals surface area (Å²) < 4.78 is 38.2. The number of nitrogens with one attached hydrogen (secondary N) is 1. The third-order valence-corrected chi connectivity index (χ3v) is 7.10. The zero-order valence-electron chi connectivity index (χ0n) is 17.1. The van der Waals surface area contributed by atoms with Crippen LogP contribution >= 0.6 is 23.2 Å². The number of carbonyl (C=O) groups is 1. The van der Waals surface area contributed by atoms with Crippen LogP contribution < -0.4 is 19.1 Å². The number of hydrogen-bond acceptors (Lipinski definition) is 7. The number of halogens is 2. The molecule has 0 saturated carbocycles. The molecular weight excluding hydrogens is 509 g/mol. The van der Waals surface area contributed by atoms with Crippen molar-refractivity contribution in [2.75, 3.05) is 23.0 Å². The number of nitro benzene ring substituents is 1. The molecule has 3 aromatic carbocycles. The second kappa shape index (κ2) is 9.37. The van der Waals surface area contributed by atoms with Crippen LogP contribution in [0, 0.1) is 10.1 Å². The molecule has 3 aromatic rings. The molecule has 1 heterocycles. The minimum Gasteiger partial charge on any atom is -0.454 e. The van der Waals surface area contributed by atoms with E-state index >= 15 is 0 Å². The number of carbonyl (C=O) groups excluding carboxylic acids is 1. The fourth-order valence-corrected chi connectivity index (χ4v) is 4.90. The van der Waals surface area contributed by atoms with Gasteiger partial charge in [-0.3, -0.25) is 19.2 Å². The van der Waals surface area contributed by atoms with Gasteiger partial charge in [-0.05, 0) is 48.5 Å². The number of nitro groups is 1. The highest BCUT2D eigenvalue weighted by molar-refractivity contribution is 7.92. The Labute approximate surface area is 203 Å². The van der Waals surface area contributed by atoms with E-state index in [0.29, 0.717) is 22.2 Å². The maximum atomic E-state index is 13.5. The maximum absolute atomic E-state index is 13.5. The number of amides is 1. The first-order valence-electron chi connectivity index (χ1n) is 9.57. The summed E-state index contributed by atoms with van der Waals surface area (Å²) >= 11 is 11.7. The number of ether oxygens (including phenoxy) is 2. The molecule has 1 amide bonds. The molecule has 0 saturated heterocycles. The topological polar surface area (TPSA) is 128 Å². The van der Waals surface area contributed by atoms with Crippen molar-refractivity contribution in [1.82, 2.24) is 0 Å². The molecular formula is C21H15Cl2N3O7S. The van der Waals surface area contributed by atoms with Crippen molar-refractivity contribution >= 4 is 56.2 Å². The van der Waals surface area contributed by atoms with E-state index in [1.807, 2.05) is 0 Å². The molecule has 0 spiro atoms. The summed E-state index contributed by atoms with van der Waals surface area (Å²) in [6.07, 6.45) is 0. The fourth-order valence-electron chi connectivity index (χ4n) is 3.15. The number of fused-ring (bicyclic) bond motifs is 1. The Balaban J connectivity index is 1.67. The van der Waals surface area contributed by atoms with Crippen LogP contribution in [0.25, 0.3) is 0 Å². The molecule has 13 heteroatoms. The number of nitrogens with zero attached hydrogens (tertiary/aromatic N) is 2. The lowest BCUT2D eigenvalue weighted by atomic mass is 10.2. The molecule has 0 unspecified atom stereocenters. The zero-order chi connectivity index (χ0) is 24.5. The van der Waals surface area contributed by atoms with Crippen LogP contribution in [0.1, 0.15) is 0 Å². The van der Waals surface area contributed by atoms with E-state index < -0.39 is 38.0 Å². The molecule has 34 heavy (non-hydrogen) atoms. The Morgan fingerprint density at radius 2 is 1.74 bits per heavy atom. The van der Waals surface area contributed by atoms with Gasteiger partial charge in [0.15, 0.2) is 11.5 Å². The largest absolute Gasteiger partial charge is 0.454 e. The molecule has 0 aromatic heterocycles. The SMILES string of the molecule is O=C(CN(c1ccc(Cl)cc1)S(=O)(=O)c1ccc(Cl)c([N+](=O)[O-])c1)Nc1ccc2c(c1)OCO2. The lowest BCUT2D eigenvalue weighted by molar-refractivity contribution is -0.384. The Kier molecular flexibility index (Phi) is 6.51. The summed E-state index contributed by atoms with van der Waals surface area (Å²) in [6, 6.07) is 13.6. The van der Waals surface area contributed by atoms with Crippen LogP contribution in [0.15, 0.2) is 65.6 Å². The number of hydrogen-bond donors (Lipinski definition) is 1. The summed E-state index contributed by atoms with van der Waals surface area (Å²) in [5.41, 5.74) is -0.0868. The van der Waals surface area contributed by atoms with E-state index in [2.05, 4.69) is 5.32 Å². The summed E-state index contributed by atoms with van der Waals surface area (Å²) in [5.74, 6) is 0.294. The minimum absolute atomic E-state index is 0.0581.